The van der Waals surface area contributed by atoms with E-state index in [4.69, 9.17) is 4.74 Å². The lowest BCUT2D eigenvalue weighted by Crippen LogP contribution is -2.21. The van der Waals surface area contributed by atoms with Crippen molar-refractivity contribution in [3.63, 3.8) is 0 Å². The number of halogens is 2. The number of nitro groups is 1. The maximum absolute atomic E-state index is 13.3. The Morgan fingerprint density at radius 3 is 2.83 bits per heavy atom. The second kappa shape index (κ2) is 7.47. The van der Waals surface area contributed by atoms with Crippen LogP contribution in [0.3, 0.4) is 0 Å². The zero-order chi connectivity index (χ0) is 13.5. The number of ether oxygens (including phenoxy) is 1. The van der Waals surface area contributed by atoms with Gasteiger partial charge in [-0.15, -0.1) is 0 Å². The summed E-state index contributed by atoms with van der Waals surface area (Å²) < 4.78 is 18.8. The normalized spacial score (nSPS) is 10.4. The lowest BCUT2D eigenvalue weighted by molar-refractivity contribution is -0.386. The van der Waals surface area contributed by atoms with Crippen LogP contribution in [-0.2, 0) is 0 Å². The van der Waals surface area contributed by atoms with Crippen molar-refractivity contribution >= 4 is 28.3 Å². The SMILES string of the molecule is CCCNCCOc1cc(F)c(I)cc1[N+](=O)[O-]. The molecule has 0 unspecified atom stereocenters. The number of hydrogen-bond donors (Lipinski definition) is 1. The van der Waals surface area contributed by atoms with Gasteiger partial charge in [-0.2, -0.15) is 0 Å². The van der Waals surface area contributed by atoms with Gasteiger partial charge in [0.1, 0.15) is 12.4 Å². The van der Waals surface area contributed by atoms with Crippen LogP contribution in [0.15, 0.2) is 12.1 Å². The summed E-state index contributed by atoms with van der Waals surface area (Å²) in [6, 6.07) is 2.23. The summed E-state index contributed by atoms with van der Waals surface area (Å²) in [5, 5.41) is 13.9. The number of nitro benzene ring substituents is 1. The summed E-state index contributed by atoms with van der Waals surface area (Å²) in [5.41, 5.74) is -0.212. The summed E-state index contributed by atoms with van der Waals surface area (Å²) in [4.78, 5) is 10.2. The molecule has 18 heavy (non-hydrogen) atoms. The predicted octanol–water partition coefficient (Wildman–Crippen LogP) is 2.72. The van der Waals surface area contributed by atoms with Crippen LogP contribution in [0.25, 0.3) is 0 Å². The molecule has 0 bridgehead atoms. The second-order valence-corrected chi connectivity index (χ2v) is 4.75. The minimum atomic E-state index is -0.573. The van der Waals surface area contributed by atoms with Crippen LogP contribution >= 0.6 is 22.6 Å². The first-order valence-corrected chi connectivity index (χ1v) is 6.61. The van der Waals surface area contributed by atoms with Crippen LogP contribution in [0.1, 0.15) is 13.3 Å². The van der Waals surface area contributed by atoms with E-state index in [-0.39, 0.29) is 21.6 Å². The molecule has 1 aromatic carbocycles. The van der Waals surface area contributed by atoms with Crippen molar-refractivity contribution in [1.82, 2.24) is 5.32 Å². The fraction of sp³-hybridized carbons (Fsp3) is 0.455. The van der Waals surface area contributed by atoms with Crippen LogP contribution in [0.4, 0.5) is 10.1 Å². The summed E-state index contributed by atoms with van der Waals surface area (Å²) in [5.74, 6) is -0.547. The number of nitrogens with zero attached hydrogens (tertiary/aromatic N) is 1. The Bertz CT molecular complexity index is 429. The summed E-state index contributed by atoms with van der Waals surface area (Å²) >= 11 is 1.71. The summed E-state index contributed by atoms with van der Waals surface area (Å²) in [7, 11) is 0. The number of benzene rings is 1. The van der Waals surface area contributed by atoms with Gasteiger partial charge in [-0.05, 0) is 35.6 Å². The molecule has 1 N–H and O–H groups in total. The van der Waals surface area contributed by atoms with E-state index in [0.29, 0.717) is 6.54 Å². The Morgan fingerprint density at radius 2 is 2.22 bits per heavy atom. The van der Waals surface area contributed by atoms with E-state index in [2.05, 4.69) is 5.32 Å². The molecule has 0 aliphatic heterocycles. The summed E-state index contributed by atoms with van der Waals surface area (Å²) in [6.07, 6.45) is 0.998. The van der Waals surface area contributed by atoms with Crippen molar-refractivity contribution in [1.29, 1.82) is 0 Å². The number of hydrogen-bond acceptors (Lipinski definition) is 4. The van der Waals surface area contributed by atoms with Gasteiger partial charge in [-0.3, -0.25) is 10.1 Å². The average Bonchev–Trinajstić information content (AvgIpc) is 2.32. The summed E-state index contributed by atoms with van der Waals surface area (Å²) in [6.45, 7) is 3.72. The van der Waals surface area contributed by atoms with Crippen LogP contribution in [0.2, 0.25) is 0 Å². The van der Waals surface area contributed by atoms with Gasteiger partial charge in [0.15, 0.2) is 5.75 Å². The van der Waals surface area contributed by atoms with Gasteiger partial charge < -0.3 is 10.1 Å². The Hall–Kier alpha value is -0.960. The highest BCUT2D eigenvalue weighted by atomic mass is 127. The maximum Gasteiger partial charge on any atom is 0.312 e. The predicted molar refractivity (Wildman–Crippen MR) is 74.4 cm³/mol. The van der Waals surface area contributed by atoms with E-state index in [0.717, 1.165) is 19.0 Å². The molecule has 100 valence electrons. The molecule has 0 atom stereocenters. The fourth-order valence-corrected chi connectivity index (χ4v) is 1.76. The minimum Gasteiger partial charge on any atom is -0.485 e. The third kappa shape index (κ3) is 4.37. The van der Waals surface area contributed by atoms with E-state index in [9.17, 15) is 14.5 Å². The molecule has 0 aliphatic carbocycles. The molecular formula is C11H14FIN2O3. The third-order valence-corrected chi connectivity index (χ3v) is 2.99. The first-order valence-electron chi connectivity index (χ1n) is 5.53. The highest BCUT2D eigenvalue weighted by Gasteiger charge is 2.18. The van der Waals surface area contributed by atoms with Crippen molar-refractivity contribution in [3.8, 4) is 5.75 Å². The monoisotopic (exact) mass is 368 g/mol. The van der Waals surface area contributed by atoms with Crippen molar-refractivity contribution in [2.45, 2.75) is 13.3 Å². The molecule has 7 heteroatoms. The quantitative estimate of drug-likeness (QED) is 0.348. The van der Waals surface area contributed by atoms with Gasteiger partial charge in [0.05, 0.1) is 8.49 Å². The van der Waals surface area contributed by atoms with Crippen molar-refractivity contribution in [3.05, 3.63) is 31.6 Å². The fourth-order valence-electron chi connectivity index (χ4n) is 1.31. The second-order valence-electron chi connectivity index (χ2n) is 3.59. The maximum atomic E-state index is 13.3. The highest BCUT2D eigenvalue weighted by Crippen LogP contribution is 2.30. The van der Waals surface area contributed by atoms with Gasteiger partial charge in [0.25, 0.3) is 0 Å². The molecule has 0 amide bonds. The smallest absolute Gasteiger partial charge is 0.312 e. The molecule has 0 fully saturated rings. The molecular weight excluding hydrogens is 354 g/mol. The molecule has 5 nitrogen and oxygen atoms in total. The van der Waals surface area contributed by atoms with Gasteiger partial charge in [-0.25, -0.2) is 4.39 Å². The van der Waals surface area contributed by atoms with E-state index in [1.54, 1.807) is 22.6 Å². The van der Waals surface area contributed by atoms with Gasteiger partial charge >= 0.3 is 5.69 Å². The standard InChI is InChI=1S/C11H14FIN2O3/c1-2-3-14-4-5-18-11-6-8(12)9(13)7-10(11)15(16)17/h6-7,14H,2-5H2,1H3. The molecule has 0 radical (unpaired) electrons. The Morgan fingerprint density at radius 1 is 1.50 bits per heavy atom. The van der Waals surface area contributed by atoms with E-state index < -0.39 is 10.7 Å². The molecule has 1 rings (SSSR count). The van der Waals surface area contributed by atoms with E-state index >= 15 is 0 Å². The Kier molecular flexibility index (Phi) is 6.27. The number of rotatable bonds is 7. The van der Waals surface area contributed by atoms with Crippen molar-refractivity contribution in [2.75, 3.05) is 19.7 Å². The van der Waals surface area contributed by atoms with Crippen molar-refractivity contribution < 1.29 is 14.1 Å². The largest absolute Gasteiger partial charge is 0.485 e. The first-order chi connectivity index (χ1) is 8.56. The Balaban J connectivity index is 2.68. The molecule has 1 aromatic rings. The van der Waals surface area contributed by atoms with Crippen LogP contribution < -0.4 is 10.1 Å². The molecule has 0 aliphatic rings. The average molecular weight is 368 g/mol. The molecule has 0 aromatic heterocycles. The molecule has 0 saturated heterocycles. The Labute approximate surface area is 118 Å². The van der Waals surface area contributed by atoms with E-state index in [1.165, 1.54) is 6.07 Å². The van der Waals surface area contributed by atoms with Crippen molar-refractivity contribution in [2.24, 2.45) is 0 Å². The van der Waals surface area contributed by atoms with Crippen LogP contribution in [-0.4, -0.2) is 24.6 Å². The zero-order valence-electron chi connectivity index (χ0n) is 9.91. The highest BCUT2D eigenvalue weighted by molar-refractivity contribution is 14.1. The zero-order valence-corrected chi connectivity index (χ0v) is 12.1. The number of nitrogens with one attached hydrogen (secondary N) is 1. The van der Waals surface area contributed by atoms with Gasteiger partial charge in [-0.1, -0.05) is 6.92 Å². The van der Waals surface area contributed by atoms with Gasteiger partial charge in [0.2, 0.25) is 0 Å². The lowest BCUT2D eigenvalue weighted by atomic mass is 10.3. The lowest BCUT2D eigenvalue weighted by Gasteiger charge is -2.08. The van der Waals surface area contributed by atoms with Gasteiger partial charge in [0, 0.05) is 18.7 Å². The molecule has 0 spiro atoms. The van der Waals surface area contributed by atoms with Crippen LogP contribution in [0.5, 0.6) is 5.75 Å². The van der Waals surface area contributed by atoms with E-state index in [1.807, 2.05) is 6.92 Å². The first kappa shape index (κ1) is 15.1. The molecule has 0 saturated carbocycles. The van der Waals surface area contributed by atoms with Crippen LogP contribution in [0, 0.1) is 19.5 Å². The topological polar surface area (TPSA) is 64.4 Å². The minimum absolute atomic E-state index is 0.0313. The molecule has 0 heterocycles. The third-order valence-electron chi connectivity index (χ3n) is 2.16.